The number of carbonyl (C=O) groups is 2. The summed E-state index contributed by atoms with van der Waals surface area (Å²) in [5.41, 5.74) is 0.998. The van der Waals surface area contributed by atoms with E-state index in [9.17, 15) is 9.59 Å². The summed E-state index contributed by atoms with van der Waals surface area (Å²) in [5.74, 6) is 2.17. The molecule has 5 nitrogen and oxygen atoms in total. The van der Waals surface area contributed by atoms with Gasteiger partial charge in [0.25, 0.3) is 5.91 Å². The summed E-state index contributed by atoms with van der Waals surface area (Å²) in [6, 6.07) is 10.5. The summed E-state index contributed by atoms with van der Waals surface area (Å²) >= 11 is 1.96. The average Bonchev–Trinajstić information content (AvgIpc) is 3.17. The van der Waals surface area contributed by atoms with Crippen molar-refractivity contribution in [2.75, 3.05) is 25.1 Å². The summed E-state index contributed by atoms with van der Waals surface area (Å²) in [6.45, 7) is 0.770. The number of hydrogen-bond donors (Lipinski definition) is 0. The molecule has 4 aliphatic rings. The molecule has 0 unspecified atom stereocenters. The van der Waals surface area contributed by atoms with E-state index in [1.807, 2.05) is 22.9 Å². The van der Waals surface area contributed by atoms with E-state index < -0.39 is 6.10 Å². The number of nitrogens with zero attached hydrogens (tertiary/aromatic N) is 2. The summed E-state index contributed by atoms with van der Waals surface area (Å²) in [7, 11) is 1.59. The lowest BCUT2D eigenvalue weighted by Crippen LogP contribution is -2.54. The molecule has 4 heterocycles. The number of carbonyl (C=O) groups excluding carboxylic acids is 2. The molecule has 0 aromatic heterocycles. The van der Waals surface area contributed by atoms with Gasteiger partial charge in [-0.3, -0.25) is 19.3 Å². The van der Waals surface area contributed by atoms with E-state index in [0.29, 0.717) is 11.8 Å². The minimum absolute atomic E-state index is 0.0573. The Morgan fingerprint density at radius 1 is 1.21 bits per heavy atom. The third-order valence-electron chi connectivity index (χ3n) is 6.38. The van der Waals surface area contributed by atoms with E-state index in [1.54, 1.807) is 7.05 Å². The Morgan fingerprint density at radius 2 is 2.00 bits per heavy atom. The van der Waals surface area contributed by atoms with E-state index in [1.165, 1.54) is 10.5 Å². The number of amides is 2. The molecule has 4 fully saturated rings. The number of rotatable bonds is 1. The Bertz CT molecular complexity index is 711. The van der Waals surface area contributed by atoms with Gasteiger partial charge in [0.2, 0.25) is 5.91 Å². The van der Waals surface area contributed by atoms with Crippen LogP contribution in [-0.2, 0) is 14.4 Å². The van der Waals surface area contributed by atoms with Crippen LogP contribution in [0.25, 0.3) is 0 Å². The molecule has 1 aromatic rings. The Kier molecular flexibility index (Phi) is 3.15. The molecule has 0 N–H and O–H groups in total. The van der Waals surface area contributed by atoms with Crippen LogP contribution in [0, 0.1) is 11.8 Å². The summed E-state index contributed by atoms with van der Waals surface area (Å²) in [5, 5.41) is 2.02. The van der Waals surface area contributed by atoms with Crippen molar-refractivity contribution in [3.05, 3.63) is 35.9 Å². The molecule has 2 amide bonds. The highest BCUT2D eigenvalue weighted by Gasteiger charge is 2.72. The van der Waals surface area contributed by atoms with Gasteiger partial charge in [-0.05, 0) is 29.4 Å². The Balaban J connectivity index is 1.60. The van der Waals surface area contributed by atoms with Crippen LogP contribution in [0.3, 0.4) is 0 Å². The molecule has 0 bridgehead atoms. The number of fused-ring (bicyclic) bond motifs is 1. The summed E-state index contributed by atoms with van der Waals surface area (Å²) in [4.78, 5) is 32.6. The second-order valence-electron chi connectivity index (χ2n) is 7.24. The number of imide groups is 1. The fourth-order valence-corrected chi connectivity index (χ4v) is 6.66. The predicted octanol–water partition coefficient (Wildman–Crippen LogP) is 1.51. The predicted molar refractivity (Wildman–Crippen MR) is 90.2 cm³/mol. The van der Waals surface area contributed by atoms with Crippen molar-refractivity contribution >= 4 is 23.6 Å². The molecule has 4 saturated heterocycles. The van der Waals surface area contributed by atoms with Crippen LogP contribution in [0.15, 0.2) is 30.3 Å². The third kappa shape index (κ3) is 1.69. The van der Waals surface area contributed by atoms with Gasteiger partial charge in [-0.25, -0.2) is 0 Å². The fraction of sp³-hybridized carbons (Fsp3) is 0.556. The molecule has 1 spiro atoms. The monoisotopic (exact) mass is 344 g/mol. The van der Waals surface area contributed by atoms with Crippen molar-refractivity contribution in [3.63, 3.8) is 0 Å². The first kappa shape index (κ1) is 14.9. The van der Waals surface area contributed by atoms with Crippen LogP contribution in [0.4, 0.5) is 0 Å². The zero-order valence-corrected chi connectivity index (χ0v) is 14.4. The second-order valence-corrected chi connectivity index (χ2v) is 8.39. The van der Waals surface area contributed by atoms with E-state index in [0.717, 1.165) is 24.5 Å². The number of thioether (sulfide) groups is 1. The first-order chi connectivity index (χ1) is 11.6. The van der Waals surface area contributed by atoms with Gasteiger partial charge < -0.3 is 0 Å². The molecule has 0 aliphatic carbocycles. The van der Waals surface area contributed by atoms with Crippen LogP contribution < -0.4 is 0 Å². The highest BCUT2D eigenvalue weighted by atomic mass is 32.2. The molecular formula is C18H20N2O3S. The maximum absolute atomic E-state index is 12.8. The van der Waals surface area contributed by atoms with Gasteiger partial charge in [-0.15, -0.1) is 0 Å². The maximum Gasteiger partial charge on any atom is 0.261 e. The highest BCUT2D eigenvalue weighted by Crippen LogP contribution is 2.59. The SMILES string of the molecule is CN1C(=O)[C@H]2ON3C[C@@H](c4ccccc4)[C@@H]4CSCC[C@@]43[C@H]2C1=O. The van der Waals surface area contributed by atoms with Crippen LogP contribution in [0.5, 0.6) is 0 Å². The smallest absolute Gasteiger partial charge is 0.261 e. The third-order valence-corrected chi connectivity index (χ3v) is 7.47. The molecule has 4 aliphatic heterocycles. The Labute approximate surface area is 145 Å². The standard InChI is InChI=1S/C18H20N2O3S/c1-19-16(21)14-15(17(19)22)23-20-9-12(11-5-3-2-4-6-11)13-10-24-8-7-18(13,14)20/h2-6,12-15H,7-10H2,1H3/t12-,13-,14+,15-,18-/m0/s1. The van der Waals surface area contributed by atoms with E-state index >= 15 is 0 Å². The molecular weight excluding hydrogens is 324 g/mol. The van der Waals surface area contributed by atoms with Gasteiger partial charge in [0.15, 0.2) is 6.10 Å². The minimum atomic E-state index is -0.607. The second kappa shape index (κ2) is 5.07. The zero-order valence-electron chi connectivity index (χ0n) is 13.6. The highest BCUT2D eigenvalue weighted by molar-refractivity contribution is 7.99. The van der Waals surface area contributed by atoms with E-state index in [2.05, 4.69) is 24.3 Å². The average molecular weight is 344 g/mol. The van der Waals surface area contributed by atoms with E-state index in [-0.39, 0.29) is 23.3 Å². The summed E-state index contributed by atoms with van der Waals surface area (Å²) < 4.78 is 0. The maximum atomic E-state index is 12.8. The van der Waals surface area contributed by atoms with Crippen molar-refractivity contribution < 1.29 is 14.4 Å². The Hall–Kier alpha value is -1.37. The van der Waals surface area contributed by atoms with Crippen molar-refractivity contribution in [1.82, 2.24) is 9.96 Å². The van der Waals surface area contributed by atoms with Crippen molar-refractivity contribution in [3.8, 4) is 0 Å². The van der Waals surface area contributed by atoms with Crippen LogP contribution in [0.1, 0.15) is 17.9 Å². The van der Waals surface area contributed by atoms with Gasteiger partial charge in [0.1, 0.15) is 0 Å². The fourth-order valence-electron chi connectivity index (χ4n) is 5.25. The molecule has 1 aromatic carbocycles. The molecule has 0 saturated carbocycles. The van der Waals surface area contributed by atoms with Crippen LogP contribution in [0.2, 0.25) is 0 Å². The van der Waals surface area contributed by atoms with Gasteiger partial charge in [0.05, 0.1) is 11.5 Å². The topological polar surface area (TPSA) is 49.9 Å². The lowest BCUT2D eigenvalue weighted by atomic mass is 9.69. The van der Waals surface area contributed by atoms with Crippen LogP contribution in [-0.4, -0.2) is 58.5 Å². The largest absolute Gasteiger partial charge is 0.284 e. The molecule has 5 atom stereocenters. The molecule has 0 radical (unpaired) electrons. The molecule has 24 heavy (non-hydrogen) atoms. The van der Waals surface area contributed by atoms with Crippen molar-refractivity contribution in [1.29, 1.82) is 0 Å². The first-order valence-electron chi connectivity index (χ1n) is 8.53. The van der Waals surface area contributed by atoms with Gasteiger partial charge in [0, 0.05) is 19.5 Å². The quantitative estimate of drug-likeness (QED) is 0.723. The number of hydrogen-bond acceptors (Lipinski definition) is 5. The van der Waals surface area contributed by atoms with Gasteiger partial charge in [-0.2, -0.15) is 16.8 Å². The normalized spacial score (nSPS) is 41.5. The lowest BCUT2D eigenvalue weighted by Gasteiger charge is -2.42. The first-order valence-corrected chi connectivity index (χ1v) is 9.68. The zero-order chi connectivity index (χ0) is 16.5. The van der Waals surface area contributed by atoms with Gasteiger partial charge >= 0.3 is 0 Å². The number of likely N-dealkylation sites (N-methyl/N-ethyl adjacent to an activating group) is 1. The number of hydroxylamine groups is 2. The van der Waals surface area contributed by atoms with Gasteiger partial charge in [-0.1, -0.05) is 30.3 Å². The van der Waals surface area contributed by atoms with Crippen LogP contribution >= 0.6 is 11.8 Å². The minimum Gasteiger partial charge on any atom is -0.284 e. The Morgan fingerprint density at radius 3 is 2.79 bits per heavy atom. The van der Waals surface area contributed by atoms with Crippen molar-refractivity contribution in [2.45, 2.75) is 24.0 Å². The molecule has 6 heteroatoms. The van der Waals surface area contributed by atoms with Crippen molar-refractivity contribution in [2.24, 2.45) is 11.8 Å². The number of likely N-dealkylation sites (tertiary alicyclic amines) is 1. The molecule has 126 valence electrons. The van der Waals surface area contributed by atoms with E-state index in [4.69, 9.17) is 4.84 Å². The number of benzene rings is 1. The summed E-state index contributed by atoms with van der Waals surface area (Å²) in [6.07, 6.45) is 0.310. The lowest BCUT2D eigenvalue weighted by molar-refractivity contribution is -0.186. The molecule has 5 rings (SSSR count).